The van der Waals surface area contributed by atoms with E-state index in [2.05, 4.69) is 19.9 Å². The fraction of sp³-hybridized carbons (Fsp3) is 0.571. The number of nitrogens with one attached hydrogen (secondary N) is 2. The van der Waals surface area contributed by atoms with Crippen LogP contribution in [0.25, 0.3) is 0 Å². The van der Waals surface area contributed by atoms with Gasteiger partial charge in [0, 0.05) is 36.8 Å². The van der Waals surface area contributed by atoms with Crippen molar-refractivity contribution in [3.8, 4) is 0 Å². The van der Waals surface area contributed by atoms with Crippen molar-refractivity contribution in [3.63, 3.8) is 0 Å². The lowest BCUT2D eigenvalue weighted by atomic mass is 9.86. The Labute approximate surface area is 197 Å². The summed E-state index contributed by atoms with van der Waals surface area (Å²) in [5.74, 6) is -0.575. The average molecular weight is 503 g/mol. The largest absolute Gasteiger partial charge is 0.396 e. The monoisotopic (exact) mass is 502 g/mol. The molecule has 1 aliphatic heterocycles. The number of aliphatic hydroxyl groups is 1. The van der Waals surface area contributed by atoms with Crippen LogP contribution in [0.15, 0.2) is 28.6 Å². The van der Waals surface area contributed by atoms with E-state index < -0.39 is 20.7 Å². The molecule has 32 heavy (non-hydrogen) atoms. The Kier molecular flexibility index (Phi) is 7.56. The van der Waals surface area contributed by atoms with Gasteiger partial charge >= 0.3 is 0 Å². The molecule has 2 aliphatic rings. The zero-order valence-electron chi connectivity index (χ0n) is 17.6. The highest BCUT2D eigenvalue weighted by molar-refractivity contribution is 7.93. The fourth-order valence-corrected chi connectivity index (χ4v) is 6.91. The Morgan fingerprint density at radius 3 is 2.81 bits per heavy atom. The second-order valence-corrected chi connectivity index (χ2v) is 11.4. The van der Waals surface area contributed by atoms with Crippen molar-refractivity contribution in [1.29, 1.82) is 0 Å². The SMILES string of the molecule is O=S(=O)(Nc1nccs1)c1cc(Cl)c(N[C@H]2CCCC[C@@H]2N2CCCC(CO)C2)cc1F. The van der Waals surface area contributed by atoms with Crippen molar-refractivity contribution in [2.24, 2.45) is 5.92 Å². The lowest BCUT2D eigenvalue weighted by Crippen LogP contribution is -2.52. The molecule has 3 atom stereocenters. The predicted octanol–water partition coefficient (Wildman–Crippen LogP) is 4.16. The standard InChI is InChI=1S/C21H28ClFN4O3S2/c22-15-10-20(32(29,30)26-21-24-7-9-31-21)16(23)11-18(15)25-17-5-1-2-6-19(17)27-8-3-4-14(12-27)13-28/h7,9-11,14,17,19,25,28H,1-6,8,12-13H2,(H,24,26)/t14?,17-,19-/m0/s1. The summed E-state index contributed by atoms with van der Waals surface area (Å²) in [7, 11) is -4.14. The van der Waals surface area contributed by atoms with E-state index in [9.17, 15) is 17.9 Å². The van der Waals surface area contributed by atoms with Gasteiger partial charge in [-0.25, -0.2) is 17.8 Å². The van der Waals surface area contributed by atoms with Crippen LogP contribution >= 0.6 is 22.9 Å². The first-order chi connectivity index (χ1) is 15.4. The van der Waals surface area contributed by atoms with Crippen LogP contribution in [0, 0.1) is 11.7 Å². The van der Waals surface area contributed by atoms with Gasteiger partial charge in [0.1, 0.15) is 10.7 Å². The molecule has 1 saturated carbocycles. The van der Waals surface area contributed by atoms with Crippen molar-refractivity contribution in [2.45, 2.75) is 55.5 Å². The van der Waals surface area contributed by atoms with Gasteiger partial charge < -0.3 is 10.4 Å². The number of anilines is 2. The van der Waals surface area contributed by atoms with Crippen LogP contribution in [0.2, 0.25) is 5.02 Å². The third kappa shape index (κ3) is 5.36. The molecule has 0 radical (unpaired) electrons. The number of thiazole rings is 1. The molecule has 1 aliphatic carbocycles. The zero-order valence-corrected chi connectivity index (χ0v) is 20.0. The summed E-state index contributed by atoms with van der Waals surface area (Å²) in [6.45, 7) is 2.05. The van der Waals surface area contributed by atoms with Gasteiger partial charge in [-0.15, -0.1) is 11.3 Å². The van der Waals surface area contributed by atoms with Gasteiger partial charge in [-0.1, -0.05) is 24.4 Å². The number of aliphatic hydroxyl groups excluding tert-OH is 1. The van der Waals surface area contributed by atoms with E-state index in [0.29, 0.717) is 11.6 Å². The first-order valence-electron chi connectivity index (χ1n) is 10.9. The molecule has 0 bridgehead atoms. The number of aromatic nitrogens is 1. The highest BCUT2D eigenvalue weighted by Gasteiger charge is 2.33. The summed E-state index contributed by atoms with van der Waals surface area (Å²) in [5.41, 5.74) is 0.394. The first-order valence-corrected chi connectivity index (χ1v) is 13.6. The molecule has 176 valence electrons. The maximum absolute atomic E-state index is 14.9. The van der Waals surface area contributed by atoms with E-state index in [1.54, 1.807) is 5.38 Å². The van der Waals surface area contributed by atoms with Crippen molar-refractivity contribution >= 4 is 43.8 Å². The molecule has 11 heteroatoms. The Morgan fingerprint density at radius 2 is 2.06 bits per heavy atom. The lowest BCUT2D eigenvalue weighted by molar-refractivity contribution is 0.0668. The number of sulfonamides is 1. The van der Waals surface area contributed by atoms with Gasteiger partial charge in [-0.05, 0) is 50.3 Å². The molecule has 2 aromatic rings. The Hall–Kier alpha value is -1.46. The van der Waals surface area contributed by atoms with Crippen molar-refractivity contribution in [2.75, 3.05) is 29.7 Å². The molecule has 1 aromatic heterocycles. The summed E-state index contributed by atoms with van der Waals surface area (Å²) in [6.07, 6.45) is 7.71. The van der Waals surface area contributed by atoms with Crippen LogP contribution in [-0.2, 0) is 10.0 Å². The number of halogens is 2. The maximum Gasteiger partial charge on any atom is 0.266 e. The number of nitrogens with zero attached hydrogens (tertiary/aromatic N) is 2. The molecule has 1 unspecified atom stereocenters. The first kappa shape index (κ1) is 23.7. The molecular formula is C21H28ClFN4O3S2. The molecule has 1 saturated heterocycles. The van der Waals surface area contributed by atoms with E-state index in [1.165, 1.54) is 6.20 Å². The van der Waals surface area contributed by atoms with Crippen molar-refractivity contribution in [3.05, 3.63) is 34.5 Å². The van der Waals surface area contributed by atoms with Crippen LogP contribution in [0.1, 0.15) is 38.5 Å². The summed E-state index contributed by atoms with van der Waals surface area (Å²) in [4.78, 5) is 5.80. The van der Waals surface area contributed by atoms with E-state index in [1.807, 2.05) is 0 Å². The Balaban J connectivity index is 1.52. The summed E-state index contributed by atoms with van der Waals surface area (Å²) in [6, 6.07) is 2.66. The number of rotatable bonds is 7. The smallest absolute Gasteiger partial charge is 0.266 e. The molecule has 7 nitrogen and oxygen atoms in total. The topological polar surface area (TPSA) is 94.6 Å². The van der Waals surface area contributed by atoms with Gasteiger partial charge in [-0.2, -0.15) is 0 Å². The van der Waals surface area contributed by atoms with E-state index >= 15 is 0 Å². The molecule has 4 rings (SSSR count). The molecule has 0 spiro atoms. The van der Waals surface area contributed by atoms with E-state index in [4.69, 9.17) is 11.6 Å². The number of hydrogen-bond donors (Lipinski definition) is 3. The Bertz CT molecular complexity index is 1020. The second-order valence-electron chi connectivity index (χ2n) is 8.49. The van der Waals surface area contributed by atoms with E-state index in [-0.39, 0.29) is 28.8 Å². The van der Waals surface area contributed by atoms with E-state index in [0.717, 1.165) is 75.1 Å². The highest BCUT2D eigenvalue weighted by atomic mass is 35.5. The number of hydrogen-bond acceptors (Lipinski definition) is 7. The maximum atomic E-state index is 14.9. The zero-order chi connectivity index (χ0) is 22.7. The molecular weight excluding hydrogens is 475 g/mol. The molecule has 1 aromatic carbocycles. The molecule has 3 N–H and O–H groups in total. The molecule has 2 fully saturated rings. The van der Waals surface area contributed by atoms with Gasteiger partial charge in [0.15, 0.2) is 5.13 Å². The number of benzene rings is 1. The lowest BCUT2D eigenvalue weighted by Gasteiger charge is -2.44. The highest BCUT2D eigenvalue weighted by Crippen LogP contribution is 2.34. The van der Waals surface area contributed by atoms with Crippen LogP contribution < -0.4 is 10.0 Å². The minimum atomic E-state index is -4.14. The minimum Gasteiger partial charge on any atom is -0.396 e. The predicted molar refractivity (Wildman–Crippen MR) is 125 cm³/mol. The molecule has 2 heterocycles. The third-order valence-electron chi connectivity index (χ3n) is 6.31. The second kappa shape index (κ2) is 10.2. The number of piperidine rings is 1. The normalized spacial score (nSPS) is 24.9. The van der Waals surface area contributed by atoms with Gasteiger partial charge in [0.2, 0.25) is 0 Å². The van der Waals surface area contributed by atoms with Crippen LogP contribution in [-0.4, -0.2) is 55.2 Å². The third-order valence-corrected chi connectivity index (χ3v) is 8.80. The van der Waals surface area contributed by atoms with Crippen LogP contribution in [0.5, 0.6) is 0 Å². The minimum absolute atomic E-state index is 0.0778. The quantitative estimate of drug-likeness (QED) is 0.526. The Morgan fingerprint density at radius 1 is 1.25 bits per heavy atom. The van der Waals surface area contributed by atoms with Crippen molar-refractivity contribution in [1.82, 2.24) is 9.88 Å². The average Bonchev–Trinajstić information content (AvgIpc) is 3.28. The van der Waals surface area contributed by atoms with Gasteiger partial charge in [0.05, 0.1) is 10.7 Å². The van der Waals surface area contributed by atoms with Crippen LogP contribution in [0.3, 0.4) is 0 Å². The number of likely N-dealkylation sites (tertiary alicyclic amines) is 1. The summed E-state index contributed by atoms with van der Waals surface area (Å²) in [5, 5.41) is 14.9. The summed E-state index contributed by atoms with van der Waals surface area (Å²) < 4.78 is 42.4. The summed E-state index contributed by atoms with van der Waals surface area (Å²) >= 11 is 7.51. The van der Waals surface area contributed by atoms with Crippen LogP contribution in [0.4, 0.5) is 15.2 Å². The van der Waals surface area contributed by atoms with Crippen molar-refractivity contribution < 1.29 is 17.9 Å². The fourth-order valence-electron chi connectivity index (χ4n) is 4.75. The van der Waals surface area contributed by atoms with Gasteiger partial charge in [-0.3, -0.25) is 9.62 Å². The van der Waals surface area contributed by atoms with Gasteiger partial charge in [0.25, 0.3) is 10.0 Å². The molecule has 0 amide bonds.